The number of rotatable bonds is 6. The Morgan fingerprint density at radius 2 is 2.14 bits per heavy atom. The maximum Gasteiger partial charge on any atom is 0.276 e. The lowest BCUT2D eigenvalue weighted by Gasteiger charge is -1.99. The predicted molar refractivity (Wildman–Crippen MR) is 89.5 cm³/mol. The third-order valence-electron chi connectivity index (χ3n) is 2.56. The summed E-state index contributed by atoms with van der Waals surface area (Å²) in [5, 5.41) is 7.96. The zero-order valence-corrected chi connectivity index (χ0v) is 13.5. The Morgan fingerprint density at radius 1 is 1.41 bits per heavy atom. The Hall–Kier alpha value is -2.25. The first kappa shape index (κ1) is 16.1. The summed E-state index contributed by atoms with van der Waals surface area (Å²) in [7, 11) is 1.33. The number of aromatic nitrogens is 1. The van der Waals surface area contributed by atoms with Gasteiger partial charge in [-0.3, -0.25) is 4.79 Å². The van der Waals surface area contributed by atoms with Crippen molar-refractivity contribution in [3.05, 3.63) is 40.9 Å². The van der Waals surface area contributed by atoms with Gasteiger partial charge in [-0.05, 0) is 30.7 Å². The number of halogens is 1. The molecule has 0 fully saturated rings. The van der Waals surface area contributed by atoms with E-state index in [0.29, 0.717) is 10.8 Å². The van der Waals surface area contributed by atoms with Gasteiger partial charge in [-0.1, -0.05) is 22.9 Å². The van der Waals surface area contributed by atoms with Crippen molar-refractivity contribution in [3.63, 3.8) is 0 Å². The van der Waals surface area contributed by atoms with Crippen molar-refractivity contribution in [2.75, 3.05) is 12.4 Å². The molecule has 0 radical (unpaired) electrons. The zero-order valence-electron chi connectivity index (χ0n) is 11.9. The van der Waals surface area contributed by atoms with Gasteiger partial charge in [0.1, 0.15) is 12.8 Å². The third kappa shape index (κ3) is 4.37. The number of nitrogens with zero attached hydrogens (tertiary/aromatic N) is 3. The fourth-order valence-corrected chi connectivity index (χ4v) is 2.30. The summed E-state index contributed by atoms with van der Waals surface area (Å²) in [4.78, 5) is 24.1. The van der Waals surface area contributed by atoms with Crippen LogP contribution in [0, 0.1) is 6.92 Å². The maximum absolute atomic E-state index is 11.2. The highest BCUT2D eigenvalue weighted by Crippen LogP contribution is 2.19. The zero-order chi connectivity index (χ0) is 15.9. The number of nitrogens with one attached hydrogen (secondary N) is 1. The lowest BCUT2D eigenvalue weighted by atomic mass is 10.2. The number of benzene rings is 1. The van der Waals surface area contributed by atoms with Crippen LogP contribution in [0.1, 0.15) is 11.3 Å². The first-order valence-electron chi connectivity index (χ1n) is 6.23. The molecule has 1 N–H and O–H groups in total. The van der Waals surface area contributed by atoms with E-state index in [1.165, 1.54) is 30.3 Å². The molecule has 0 saturated heterocycles. The third-order valence-corrected chi connectivity index (χ3v) is 3.49. The second-order valence-corrected chi connectivity index (χ2v) is 5.36. The molecule has 0 bridgehead atoms. The first-order valence-corrected chi connectivity index (χ1v) is 7.48. The molecule has 0 aliphatic carbocycles. The van der Waals surface area contributed by atoms with E-state index in [2.05, 4.69) is 25.3 Å². The Bertz CT molecular complexity index is 710. The number of anilines is 1. The summed E-state index contributed by atoms with van der Waals surface area (Å²) in [6, 6.07) is 7.89. The fraction of sp³-hybridized carbons (Fsp3) is 0.143. The van der Waals surface area contributed by atoms with Gasteiger partial charge in [0.05, 0.1) is 6.34 Å². The summed E-state index contributed by atoms with van der Waals surface area (Å²) in [6.45, 7) is 2.02. The largest absolute Gasteiger partial charge is 0.398 e. The van der Waals surface area contributed by atoms with Crippen LogP contribution in [0.15, 0.2) is 39.8 Å². The molecular weight excluding hydrogens is 324 g/mol. The van der Waals surface area contributed by atoms with Crippen LogP contribution >= 0.6 is 22.9 Å². The highest BCUT2D eigenvalue weighted by atomic mass is 35.5. The summed E-state index contributed by atoms with van der Waals surface area (Å²) in [5.41, 5.74) is 2.38. The molecule has 114 valence electrons. The van der Waals surface area contributed by atoms with E-state index < -0.39 is 5.24 Å². The van der Waals surface area contributed by atoms with E-state index in [1.807, 2.05) is 31.2 Å². The Labute approximate surface area is 136 Å². The van der Waals surface area contributed by atoms with Crippen LogP contribution in [-0.2, 0) is 9.63 Å². The highest BCUT2D eigenvalue weighted by molar-refractivity contribution is 7.13. The first-order chi connectivity index (χ1) is 10.6. The molecule has 1 heterocycles. The van der Waals surface area contributed by atoms with E-state index in [4.69, 9.17) is 11.6 Å². The van der Waals surface area contributed by atoms with Crippen molar-refractivity contribution in [3.8, 4) is 0 Å². The lowest BCUT2D eigenvalue weighted by Crippen LogP contribution is -2.10. The number of hydrogen-bond acceptors (Lipinski definition) is 6. The number of carbonyl (C=O) groups is 1. The number of aliphatic imine (C=N–C) groups is 1. The van der Waals surface area contributed by atoms with E-state index in [9.17, 15) is 4.79 Å². The number of carbonyl (C=O) groups excluding carboxylic acids is 1. The second kappa shape index (κ2) is 7.67. The van der Waals surface area contributed by atoms with Crippen molar-refractivity contribution < 1.29 is 9.63 Å². The van der Waals surface area contributed by atoms with Gasteiger partial charge < -0.3 is 10.2 Å². The Balaban J connectivity index is 2.05. The van der Waals surface area contributed by atoms with E-state index in [1.54, 1.807) is 5.38 Å². The smallest absolute Gasteiger partial charge is 0.276 e. The topological polar surface area (TPSA) is 75.9 Å². The van der Waals surface area contributed by atoms with Gasteiger partial charge in [0, 0.05) is 11.1 Å². The van der Waals surface area contributed by atoms with Gasteiger partial charge in [-0.2, -0.15) is 0 Å². The van der Waals surface area contributed by atoms with Crippen molar-refractivity contribution in [2.45, 2.75) is 6.92 Å². The van der Waals surface area contributed by atoms with Gasteiger partial charge in [0.25, 0.3) is 5.24 Å². The minimum absolute atomic E-state index is 0.0478. The average molecular weight is 337 g/mol. The predicted octanol–water partition coefficient (Wildman–Crippen LogP) is 3.34. The Morgan fingerprint density at radius 3 is 2.77 bits per heavy atom. The summed E-state index contributed by atoms with van der Waals surface area (Å²) in [6.07, 6.45) is 1.53. The molecule has 22 heavy (non-hydrogen) atoms. The molecule has 0 spiro atoms. The van der Waals surface area contributed by atoms with Crippen molar-refractivity contribution in [2.24, 2.45) is 10.1 Å². The van der Waals surface area contributed by atoms with Crippen molar-refractivity contribution in [1.29, 1.82) is 0 Å². The molecule has 2 rings (SSSR count). The van der Waals surface area contributed by atoms with Gasteiger partial charge in [-0.15, -0.1) is 11.3 Å². The van der Waals surface area contributed by atoms with Crippen LogP contribution in [0.25, 0.3) is 0 Å². The molecule has 0 saturated carbocycles. The van der Waals surface area contributed by atoms with Crippen LogP contribution in [0.5, 0.6) is 0 Å². The molecule has 0 atom stereocenters. The quantitative estimate of drug-likeness (QED) is 0.380. The SMILES string of the molecule is CON=C(C(=O)Cl)c1csc(N=CNc2ccc(C)cc2)n1. The highest BCUT2D eigenvalue weighted by Gasteiger charge is 2.16. The van der Waals surface area contributed by atoms with E-state index in [0.717, 1.165) is 5.69 Å². The Kier molecular flexibility index (Phi) is 5.62. The summed E-state index contributed by atoms with van der Waals surface area (Å²) < 4.78 is 0. The molecule has 1 aromatic carbocycles. The molecule has 0 unspecified atom stereocenters. The number of thiazole rings is 1. The van der Waals surface area contributed by atoms with Gasteiger partial charge in [0.15, 0.2) is 5.71 Å². The summed E-state index contributed by atoms with van der Waals surface area (Å²) in [5.74, 6) is 0. The average Bonchev–Trinajstić information content (AvgIpc) is 2.95. The van der Waals surface area contributed by atoms with Crippen molar-refractivity contribution >= 4 is 51.0 Å². The lowest BCUT2D eigenvalue weighted by molar-refractivity contribution is -0.106. The van der Waals surface area contributed by atoms with Gasteiger partial charge in [0.2, 0.25) is 5.13 Å². The fourth-order valence-electron chi connectivity index (χ4n) is 1.52. The van der Waals surface area contributed by atoms with Crippen LogP contribution in [-0.4, -0.2) is 29.4 Å². The number of hydrogen-bond donors (Lipinski definition) is 1. The molecule has 0 aliphatic rings. The number of aryl methyl sites for hydroxylation is 1. The normalized spacial score (nSPS) is 11.7. The molecule has 8 heteroatoms. The van der Waals surface area contributed by atoms with Crippen molar-refractivity contribution in [1.82, 2.24) is 4.98 Å². The molecule has 0 aliphatic heterocycles. The van der Waals surface area contributed by atoms with Crippen LogP contribution in [0.3, 0.4) is 0 Å². The van der Waals surface area contributed by atoms with Crippen LogP contribution in [0.2, 0.25) is 0 Å². The standard InChI is InChI=1S/C14H13ClN4O2S/c1-9-3-5-10(6-4-9)16-8-17-14-18-11(7-22-14)12(13(15)20)19-21-2/h3-8H,1-2H3,(H,16,17,18). The van der Waals surface area contributed by atoms with Crippen LogP contribution < -0.4 is 5.32 Å². The van der Waals surface area contributed by atoms with Crippen LogP contribution in [0.4, 0.5) is 10.8 Å². The van der Waals surface area contributed by atoms with Gasteiger partial charge >= 0.3 is 0 Å². The molecule has 0 amide bonds. The minimum Gasteiger partial charge on any atom is -0.398 e. The molecule has 2 aromatic rings. The molecular formula is C14H13ClN4O2S. The van der Waals surface area contributed by atoms with E-state index >= 15 is 0 Å². The molecule has 6 nitrogen and oxygen atoms in total. The second-order valence-electron chi connectivity index (χ2n) is 4.18. The number of oxime groups is 1. The monoisotopic (exact) mass is 336 g/mol. The molecule has 1 aromatic heterocycles. The summed E-state index contributed by atoms with van der Waals surface area (Å²) >= 11 is 6.69. The van der Waals surface area contributed by atoms with Gasteiger partial charge in [-0.25, -0.2) is 9.98 Å². The van der Waals surface area contributed by atoms with E-state index in [-0.39, 0.29) is 5.71 Å². The minimum atomic E-state index is -0.736. The maximum atomic E-state index is 11.2.